The number of furan rings is 2. The molecule has 0 fully saturated rings. The van der Waals surface area contributed by atoms with Gasteiger partial charge in [-0.05, 0) is 24.6 Å². The second kappa shape index (κ2) is 8.66. The predicted octanol–water partition coefficient (Wildman–Crippen LogP) is 5.54. The zero-order valence-electron chi connectivity index (χ0n) is 16.5. The molecule has 0 aliphatic carbocycles. The average Bonchev–Trinajstić information content (AvgIpc) is 3.43. The van der Waals surface area contributed by atoms with Gasteiger partial charge in [-0.2, -0.15) is 0 Å². The van der Waals surface area contributed by atoms with E-state index < -0.39 is 5.97 Å². The molecule has 150 valence electrons. The first-order valence-corrected chi connectivity index (χ1v) is 9.69. The molecule has 0 aliphatic rings. The normalized spacial score (nSPS) is 10.7. The minimum Gasteiger partial charge on any atom is -0.462 e. The molecule has 4 rings (SSSR count). The fourth-order valence-electron chi connectivity index (χ4n) is 3.34. The molecule has 0 aliphatic heterocycles. The molecule has 0 bridgehead atoms. The maximum Gasteiger partial charge on any atom is 0.342 e. The monoisotopic (exact) mass is 400 g/mol. The molecule has 0 radical (unpaired) electrons. The molecule has 2 aromatic carbocycles. The Morgan fingerprint density at radius 3 is 2.20 bits per heavy atom. The van der Waals surface area contributed by atoms with Crippen molar-refractivity contribution in [3.05, 3.63) is 107 Å². The Balaban J connectivity index is 1.93. The summed E-state index contributed by atoms with van der Waals surface area (Å²) in [5, 5.41) is 0. The third-order valence-electron chi connectivity index (χ3n) is 4.68. The summed E-state index contributed by atoms with van der Waals surface area (Å²) < 4.78 is 16.8. The van der Waals surface area contributed by atoms with Gasteiger partial charge >= 0.3 is 5.97 Å². The van der Waals surface area contributed by atoms with Crippen molar-refractivity contribution >= 4 is 11.8 Å². The van der Waals surface area contributed by atoms with Crippen LogP contribution in [0.3, 0.4) is 0 Å². The van der Waals surface area contributed by atoms with Gasteiger partial charge in [-0.25, -0.2) is 4.79 Å². The lowest BCUT2D eigenvalue weighted by molar-refractivity contribution is 0.0524. The van der Waals surface area contributed by atoms with Gasteiger partial charge in [0.25, 0.3) is 0 Å². The minimum absolute atomic E-state index is 0.0894. The Hall–Kier alpha value is -3.86. The lowest BCUT2D eigenvalue weighted by Crippen LogP contribution is -2.13. The largest absolute Gasteiger partial charge is 0.462 e. The lowest BCUT2D eigenvalue weighted by Gasteiger charge is -2.06. The Labute approximate surface area is 173 Å². The first-order chi connectivity index (χ1) is 14.7. The summed E-state index contributed by atoms with van der Waals surface area (Å²) in [6.45, 7) is 1.89. The highest BCUT2D eigenvalue weighted by atomic mass is 16.5. The molecule has 0 amide bonds. The molecule has 0 spiro atoms. The lowest BCUT2D eigenvalue weighted by atomic mass is 9.96. The second-order valence-electron chi connectivity index (χ2n) is 6.66. The first kappa shape index (κ1) is 19.5. The number of carbonyl (C=O) groups excluding carboxylic acids is 2. The molecular formula is C25H20O5. The summed E-state index contributed by atoms with van der Waals surface area (Å²) in [5.41, 5.74) is 1.71. The molecule has 30 heavy (non-hydrogen) atoms. The van der Waals surface area contributed by atoms with Crippen molar-refractivity contribution < 1.29 is 23.2 Å². The van der Waals surface area contributed by atoms with E-state index in [9.17, 15) is 9.59 Å². The molecule has 2 aromatic heterocycles. The molecule has 4 aromatic rings. The van der Waals surface area contributed by atoms with Crippen LogP contribution in [0.5, 0.6) is 0 Å². The summed E-state index contributed by atoms with van der Waals surface area (Å²) in [4.78, 5) is 26.4. The van der Waals surface area contributed by atoms with E-state index in [2.05, 4.69) is 0 Å². The quantitative estimate of drug-likeness (QED) is 0.301. The molecule has 5 nitrogen and oxygen atoms in total. The van der Waals surface area contributed by atoms with Gasteiger partial charge in [-0.1, -0.05) is 60.7 Å². The standard InChI is InChI=1S/C25H20O5/c1-2-28-25(27)22-21(23(26)18-12-7-4-8-13-18)20(16-17-10-5-3-6-11-17)30-24(22)19-14-9-15-29-19/h3-15H,2,16H2,1H3. The van der Waals surface area contributed by atoms with Gasteiger partial charge in [-0.15, -0.1) is 0 Å². The van der Waals surface area contributed by atoms with Crippen LogP contribution in [-0.4, -0.2) is 18.4 Å². The second-order valence-corrected chi connectivity index (χ2v) is 6.66. The fourth-order valence-corrected chi connectivity index (χ4v) is 3.34. The smallest absolute Gasteiger partial charge is 0.342 e. The SMILES string of the molecule is CCOC(=O)c1c(-c2ccco2)oc(Cc2ccccc2)c1C(=O)c1ccccc1. The molecular weight excluding hydrogens is 380 g/mol. The molecule has 2 heterocycles. The Morgan fingerprint density at radius 2 is 1.57 bits per heavy atom. The van der Waals surface area contributed by atoms with E-state index >= 15 is 0 Å². The highest BCUT2D eigenvalue weighted by Crippen LogP contribution is 2.35. The highest BCUT2D eigenvalue weighted by Gasteiger charge is 2.33. The van der Waals surface area contributed by atoms with E-state index in [1.54, 1.807) is 43.3 Å². The van der Waals surface area contributed by atoms with Gasteiger partial charge in [0.2, 0.25) is 0 Å². The van der Waals surface area contributed by atoms with Crippen LogP contribution in [0.4, 0.5) is 0 Å². The number of carbonyl (C=O) groups is 2. The molecule has 0 N–H and O–H groups in total. The van der Waals surface area contributed by atoms with Crippen LogP contribution >= 0.6 is 0 Å². The van der Waals surface area contributed by atoms with Crippen LogP contribution in [0.15, 0.2) is 87.9 Å². The predicted molar refractivity (Wildman–Crippen MR) is 111 cm³/mol. The first-order valence-electron chi connectivity index (χ1n) is 9.69. The van der Waals surface area contributed by atoms with E-state index in [1.165, 1.54) is 6.26 Å². The van der Waals surface area contributed by atoms with Crippen molar-refractivity contribution in [2.75, 3.05) is 6.61 Å². The van der Waals surface area contributed by atoms with E-state index in [0.29, 0.717) is 23.5 Å². The summed E-state index contributed by atoms with van der Waals surface area (Å²) in [5.74, 6) is 0.0324. The number of hydrogen-bond acceptors (Lipinski definition) is 5. The highest BCUT2D eigenvalue weighted by molar-refractivity contribution is 6.17. The molecule has 0 atom stereocenters. The topological polar surface area (TPSA) is 69.7 Å². The summed E-state index contributed by atoms with van der Waals surface area (Å²) >= 11 is 0. The average molecular weight is 400 g/mol. The van der Waals surface area contributed by atoms with Crippen LogP contribution in [0.2, 0.25) is 0 Å². The number of ketones is 1. The van der Waals surface area contributed by atoms with Gasteiger partial charge in [0.05, 0.1) is 18.4 Å². The van der Waals surface area contributed by atoms with Gasteiger partial charge in [0.15, 0.2) is 17.3 Å². The van der Waals surface area contributed by atoms with Crippen LogP contribution in [0.25, 0.3) is 11.5 Å². The minimum atomic E-state index is -0.619. The third-order valence-corrected chi connectivity index (χ3v) is 4.68. The zero-order chi connectivity index (χ0) is 20.9. The van der Waals surface area contributed by atoms with Gasteiger partial charge in [-0.3, -0.25) is 4.79 Å². The van der Waals surface area contributed by atoms with Crippen molar-refractivity contribution in [1.82, 2.24) is 0 Å². The van der Waals surface area contributed by atoms with E-state index in [-0.39, 0.29) is 29.3 Å². The molecule has 0 saturated carbocycles. The van der Waals surface area contributed by atoms with Crippen molar-refractivity contribution in [3.63, 3.8) is 0 Å². The number of hydrogen-bond donors (Lipinski definition) is 0. The maximum absolute atomic E-state index is 13.5. The number of rotatable bonds is 7. The Morgan fingerprint density at radius 1 is 0.867 bits per heavy atom. The van der Waals surface area contributed by atoms with E-state index in [4.69, 9.17) is 13.6 Å². The van der Waals surface area contributed by atoms with E-state index in [1.807, 2.05) is 36.4 Å². The van der Waals surface area contributed by atoms with Gasteiger partial charge < -0.3 is 13.6 Å². The van der Waals surface area contributed by atoms with Crippen molar-refractivity contribution in [2.45, 2.75) is 13.3 Å². The van der Waals surface area contributed by atoms with Gasteiger partial charge in [0, 0.05) is 12.0 Å². The molecule has 0 saturated heterocycles. The van der Waals surface area contributed by atoms with Crippen LogP contribution < -0.4 is 0 Å². The van der Waals surface area contributed by atoms with E-state index in [0.717, 1.165) is 5.56 Å². The third kappa shape index (κ3) is 3.82. The maximum atomic E-state index is 13.5. The van der Waals surface area contributed by atoms with Crippen molar-refractivity contribution in [2.24, 2.45) is 0 Å². The van der Waals surface area contributed by atoms with Crippen LogP contribution in [-0.2, 0) is 11.2 Å². The molecule has 5 heteroatoms. The Kier molecular flexibility index (Phi) is 5.61. The van der Waals surface area contributed by atoms with Crippen LogP contribution in [0.1, 0.15) is 44.5 Å². The molecule has 0 unspecified atom stereocenters. The van der Waals surface area contributed by atoms with Crippen molar-refractivity contribution in [3.8, 4) is 11.5 Å². The zero-order valence-corrected chi connectivity index (χ0v) is 16.5. The summed E-state index contributed by atoms with van der Waals surface area (Å²) in [7, 11) is 0. The van der Waals surface area contributed by atoms with Crippen molar-refractivity contribution in [1.29, 1.82) is 0 Å². The fraction of sp³-hybridized carbons (Fsp3) is 0.120. The number of ether oxygens (including phenoxy) is 1. The van der Waals surface area contributed by atoms with Gasteiger partial charge in [0.1, 0.15) is 11.3 Å². The van der Waals surface area contributed by atoms with Crippen LogP contribution in [0, 0.1) is 0 Å². The summed E-state index contributed by atoms with van der Waals surface area (Å²) in [6, 6.07) is 21.8. The Bertz CT molecular complexity index is 1140. The number of esters is 1. The number of benzene rings is 2. The summed E-state index contributed by atoms with van der Waals surface area (Å²) in [6.07, 6.45) is 1.84.